The number of pyridine rings is 1. The van der Waals surface area contributed by atoms with Crippen molar-refractivity contribution in [1.29, 1.82) is 0 Å². The molecule has 8 heteroatoms. The highest BCUT2D eigenvalue weighted by atomic mass is 32.1. The van der Waals surface area contributed by atoms with E-state index in [0.29, 0.717) is 24.7 Å². The van der Waals surface area contributed by atoms with Gasteiger partial charge in [-0.1, -0.05) is 0 Å². The monoisotopic (exact) mass is 457 g/mol. The summed E-state index contributed by atoms with van der Waals surface area (Å²) in [6.07, 6.45) is 9.87. The van der Waals surface area contributed by atoms with Crippen molar-refractivity contribution in [2.45, 2.75) is 87.7 Å². The van der Waals surface area contributed by atoms with Crippen molar-refractivity contribution >= 4 is 27.5 Å². The Balaban J connectivity index is 1.17. The van der Waals surface area contributed by atoms with E-state index in [1.165, 1.54) is 29.7 Å². The summed E-state index contributed by atoms with van der Waals surface area (Å²) in [7, 11) is 0. The minimum Gasteiger partial charge on any atom is -0.490 e. The van der Waals surface area contributed by atoms with Crippen LogP contribution in [-0.4, -0.2) is 64.4 Å². The summed E-state index contributed by atoms with van der Waals surface area (Å²) in [5.41, 5.74) is 6.53. The van der Waals surface area contributed by atoms with Gasteiger partial charge in [-0.05, 0) is 62.5 Å². The number of hydrogen-bond acceptors (Lipinski definition) is 7. The number of aliphatic hydroxyl groups excluding tert-OH is 1. The molecule has 2 aromatic heterocycles. The molecule has 1 saturated carbocycles. The number of fused-ring (bicyclic) bond motifs is 5. The number of primary amides is 1. The molecule has 3 aliphatic heterocycles. The van der Waals surface area contributed by atoms with Gasteiger partial charge in [0.25, 0.3) is 0 Å². The van der Waals surface area contributed by atoms with Crippen LogP contribution in [0.3, 0.4) is 0 Å². The van der Waals surface area contributed by atoms with E-state index in [1.807, 2.05) is 12.3 Å². The Bertz CT molecular complexity index is 1000. The molecule has 3 saturated heterocycles. The minimum atomic E-state index is -1.11. The molecule has 0 spiro atoms. The topological polar surface area (TPSA) is 97.9 Å². The summed E-state index contributed by atoms with van der Waals surface area (Å²) in [6, 6.07) is 2.64. The number of nitrogens with zero attached hydrogens (tertiary/aromatic N) is 2. The molecule has 0 aromatic carbocycles. The number of aryl methyl sites for hydroxylation is 1. The largest absolute Gasteiger partial charge is 0.490 e. The molecule has 1 amide bonds. The summed E-state index contributed by atoms with van der Waals surface area (Å²) in [6.45, 7) is 2.19. The normalized spacial score (nSPS) is 33.0. The van der Waals surface area contributed by atoms with E-state index < -0.39 is 12.0 Å². The average Bonchev–Trinajstić information content (AvgIpc) is 3.34. The molecule has 3 N–H and O–H groups in total. The molecule has 7 rings (SSSR count). The second-order valence-electron chi connectivity index (χ2n) is 9.94. The number of amides is 1. The van der Waals surface area contributed by atoms with Crippen molar-refractivity contribution in [2.75, 3.05) is 13.1 Å². The lowest BCUT2D eigenvalue weighted by Crippen LogP contribution is -2.60. The highest BCUT2D eigenvalue weighted by Crippen LogP contribution is 2.48. The number of piperidine rings is 1. The van der Waals surface area contributed by atoms with E-state index >= 15 is 0 Å². The van der Waals surface area contributed by atoms with Crippen LogP contribution in [0.15, 0.2) is 12.3 Å². The first-order chi connectivity index (χ1) is 15.5. The lowest BCUT2D eigenvalue weighted by Gasteiger charge is -2.50. The molecule has 4 fully saturated rings. The smallest absolute Gasteiger partial charge is 0.246 e. The zero-order valence-electron chi connectivity index (χ0n) is 18.2. The van der Waals surface area contributed by atoms with Gasteiger partial charge in [-0.15, -0.1) is 11.3 Å². The Kier molecular flexibility index (Phi) is 5.36. The molecular formula is C24H31N3O4S. The van der Waals surface area contributed by atoms with Gasteiger partial charge in [0.05, 0.1) is 23.7 Å². The van der Waals surface area contributed by atoms with Crippen LogP contribution in [0, 0.1) is 0 Å². The zero-order valence-corrected chi connectivity index (χ0v) is 19.1. The molecule has 2 aliphatic carbocycles. The summed E-state index contributed by atoms with van der Waals surface area (Å²) < 4.78 is 12.4. The van der Waals surface area contributed by atoms with Gasteiger partial charge >= 0.3 is 0 Å². The average molecular weight is 458 g/mol. The van der Waals surface area contributed by atoms with Crippen LogP contribution >= 0.6 is 11.3 Å². The van der Waals surface area contributed by atoms with Crippen molar-refractivity contribution in [3.05, 3.63) is 22.7 Å². The Morgan fingerprint density at radius 3 is 2.75 bits per heavy atom. The van der Waals surface area contributed by atoms with Gasteiger partial charge in [0.2, 0.25) is 5.91 Å². The number of thiophene rings is 1. The number of carbonyl (C=O) groups excluding carboxylic acids is 1. The fraction of sp³-hybridized carbons (Fsp3) is 0.667. The third kappa shape index (κ3) is 3.71. The van der Waals surface area contributed by atoms with Crippen LogP contribution in [0.4, 0.5) is 0 Å². The Morgan fingerprint density at radius 1 is 1.28 bits per heavy atom. The lowest BCUT2D eigenvalue weighted by atomic mass is 9.88. The van der Waals surface area contributed by atoms with Crippen LogP contribution in [0.1, 0.15) is 61.3 Å². The van der Waals surface area contributed by atoms with Crippen LogP contribution in [0.2, 0.25) is 0 Å². The fourth-order valence-electron chi connectivity index (χ4n) is 6.24. The number of hydrogen-bond donors (Lipinski definition) is 2. The lowest BCUT2D eigenvalue weighted by molar-refractivity contribution is -0.190. The molecule has 0 unspecified atom stereocenters. The first-order valence-electron chi connectivity index (χ1n) is 12.0. The second kappa shape index (κ2) is 8.24. The van der Waals surface area contributed by atoms with Gasteiger partial charge in [0.15, 0.2) is 0 Å². The van der Waals surface area contributed by atoms with E-state index in [0.717, 1.165) is 54.7 Å². The van der Waals surface area contributed by atoms with Gasteiger partial charge in [0.1, 0.15) is 16.7 Å². The molecule has 7 nitrogen and oxygen atoms in total. The molecule has 5 heterocycles. The number of carbonyl (C=O) groups is 1. The molecule has 32 heavy (non-hydrogen) atoms. The van der Waals surface area contributed by atoms with Crippen LogP contribution in [0.5, 0.6) is 5.75 Å². The maximum Gasteiger partial charge on any atom is 0.246 e. The predicted molar refractivity (Wildman–Crippen MR) is 122 cm³/mol. The summed E-state index contributed by atoms with van der Waals surface area (Å²) >= 11 is 1.72. The number of morpholine rings is 1. The highest BCUT2D eigenvalue weighted by Gasteiger charge is 2.41. The third-order valence-electron chi connectivity index (χ3n) is 7.87. The summed E-state index contributed by atoms with van der Waals surface area (Å²) in [4.78, 5) is 21.0. The van der Waals surface area contributed by atoms with Gasteiger partial charge in [0, 0.05) is 36.6 Å². The molecule has 2 aromatic rings. The quantitative estimate of drug-likeness (QED) is 0.692. The number of ether oxygens (including phenoxy) is 2. The van der Waals surface area contributed by atoms with Crippen molar-refractivity contribution < 1.29 is 19.4 Å². The van der Waals surface area contributed by atoms with E-state index in [4.69, 9.17) is 15.2 Å². The van der Waals surface area contributed by atoms with Crippen LogP contribution in [0.25, 0.3) is 10.2 Å². The summed E-state index contributed by atoms with van der Waals surface area (Å²) in [5, 5.41) is 11.2. The van der Waals surface area contributed by atoms with Crippen molar-refractivity contribution in [3.8, 4) is 5.75 Å². The first kappa shape index (κ1) is 20.8. The molecule has 4 atom stereocenters. The van der Waals surface area contributed by atoms with E-state index in [2.05, 4.69) is 9.88 Å². The van der Waals surface area contributed by atoms with E-state index in [9.17, 15) is 9.90 Å². The Morgan fingerprint density at radius 2 is 2.03 bits per heavy atom. The zero-order chi connectivity index (χ0) is 21.8. The van der Waals surface area contributed by atoms with E-state index in [1.54, 1.807) is 11.3 Å². The Labute approximate surface area is 191 Å². The maximum atomic E-state index is 11.4. The SMILES string of the molecule is NC(=O)[C@@H](O)C[C@H]1CCc2sc3nccc(OC4CCC(N5C[C@H]6C[C@@H](C5)O6)CC4)c3c21. The second-order valence-corrected chi connectivity index (χ2v) is 11.0. The predicted octanol–water partition coefficient (Wildman–Crippen LogP) is 2.73. The van der Waals surface area contributed by atoms with Crippen LogP contribution in [-0.2, 0) is 16.0 Å². The molecule has 172 valence electrons. The van der Waals surface area contributed by atoms with Gasteiger partial charge in [-0.3, -0.25) is 9.69 Å². The maximum absolute atomic E-state index is 11.4. The van der Waals surface area contributed by atoms with Gasteiger partial charge < -0.3 is 20.3 Å². The van der Waals surface area contributed by atoms with Gasteiger partial charge in [-0.2, -0.15) is 0 Å². The number of rotatable bonds is 6. The number of aliphatic hydroxyl groups is 1. The molecule has 0 radical (unpaired) electrons. The summed E-state index contributed by atoms with van der Waals surface area (Å²) in [5.74, 6) is 0.377. The van der Waals surface area contributed by atoms with E-state index in [-0.39, 0.29) is 12.0 Å². The van der Waals surface area contributed by atoms with Crippen LogP contribution < -0.4 is 10.5 Å². The third-order valence-corrected chi connectivity index (χ3v) is 9.05. The first-order valence-corrected chi connectivity index (χ1v) is 12.8. The number of nitrogens with two attached hydrogens (primary N) is 1. The molecule has 5 aliphatic rings. The standard InChI is InChI=1S/C24H31N3O4S/c25-23(29)18(28)9-13-1-6-20-21(13)22-19(7-8-26-24(22)32-20)31-15-4-2-14(3-5-15)27-11-16-10-17(12-27)30-16/h7-8,13-18,28H,1-6,9-12H2,(H2,25,29)/t13-,14?,15?,16-,17+,18+/m1/s1. The minimum absolute atomic E-state index is 0.122. The Hall–Kier alpha value is -1.74. The van der Waals surface area contributed by atoms with Crippen molar-refractivity contribution in [3.63, 3.8) is 0 Å². The van der Waals surface area contributed by atoms with Crippen molar-refractivity contribution in [1.82, 2.24) is 9.88 Å². The highest BCUT2D eigenvalue weighted by molar-refractivity contribution is 7.19. The molecular weight excluding hydrogens is 426 g/mol. The number of aromatic nitrogens is 1. The fourth-order valence-corrected chi connectivity index (χ4v) is 7.50. The van der Waals surface area contributed by atoms with Gasteiger partial charge in [-0.25, -0.2) is 4.98 Å². The van der Waals surface area contributed by atoms with Crippen molar-refractivity contribution in [2.24, 2.45) is 5.73 Å². The molecule has 2 bridgehead atoms.